The van der Waals surface area contributed by atoms with Crippen molar-refractivity contribution in [3.8, 4) is 0 Å². The van der Waals surface area contributed by atoms with Crippen LogP contribution in [0, 0.1) is 9.77 Å². The van der Waals surface area contributed by atoms with Crippen LogP contribution in [0.4, 0.5) is 15.2 Å². The first-order valence-corrected chi connectivity index (χ1v) is 11.5. The average Bonchev–Trinajstić information content (AvgIpc) is 3.11. The van der Waals surface area contributed by atoms with Crippen molar-refractivity contribution >= 4 is 44.2 Å². The van der Waals surface area contributed by atoms with Gasteiger partial charge in [0.1, 0.15) is 5.82 Å². The number of rotatable bonds is 7. The summed E-state index contributed by atoms with van der Waals surface area (Å²) in [5.41, 5.74) is 0.343. The summed E-state index contributed by atoms with van der Waals surface area (Å²) >= 11 is 6.65. The van der Waals surface area contributed by atoms with E-state index in [1.165, 1.54) is 17.4 Å². The van der Waals surface area contributed by atoms with Gasteiger partial charge in [0.05, 0.1) is 23.9 Å². The first kappa shape index (κ1) is 19.4. The molecule has 6 nitrogen and oxygen atoms in total. The zero-order chi connectivity index (χ0) is 18.7. The summed E-state index contributed by atoms with van der Waals surface area (Å²) in [7, 11) is -2.95. The molecule has 1 aliphatic rings. The van der Waals surface area contributed by atoms with Crippen LogP contribution in [-0.4, -0.2) is 47.2 Å². The van der Waals surface area contributed by atoms with Gasteiger partial charge in [0.25, 0.3) is 0 Å². The van der Waals surface area contributed by atoms with Crippen LogP contribution in [0.2, 0.25) is 0 Å². The van der Waals surface area contributed by atoms with Gasteiger partial charge in [0, 0.05) is 6.04 Å². The molecule has 26 heavy (non-hydrogen) atoms. The molecule has 0 bridgehead atoms. The van der Waals surface area contributed by atoms with Crippen molar-refractivity contribution < 1.29 is 12.8 Å². The van der Waals surface area contributed by atoms with E-state index in [4.69, 9.17) is 12.2 Å². The SMILES string of the molecule is CCCN(Cn1nc(Nc2ccccc2F)sc1=S)[C@@H]1CCS(=O)(=O)C1. The molecule has 10 heteroatoms. The highest BCUT2D eigenvalue weighted by Gasteiger charge is 2.32. The zero-order valence-corrected chi connectivity index (χ0v) is 16.8. The lowest BCUT2D eigenvalue weighted by Crippen LogP contribution is -2.38. The maximum Gasteiger partial charge on any atom is 0.209 e. The Labute approximate surface area is 161 Å². The highest BCUT2D eigenvalue weighted by molar-refractivity contribution is 7.91. The lowest BCUT2D eigenvalue weighted by atomic mass is 10.2. The lowest BCUT2D eigenvalue weighted by molar-refractivity contribution is 0.156. The Morgan fingerprint density at radius 2 is 2.23 bits per heavy atom. The minimum absolute atomic E-state index is 0.00785. The molecule has 1 saturated heterocycles. The van der Waals surface area contributed by atoms with Gasteiger partial charge in [-0.15, -0.1) is 5.10 Å². The Morgan fingerprint density at radius 3 is 2.88 bits per heavy atom. The van der Waals surface area contributed by atoms with Gasteiger partial charge < -0.3 is 5.32 Å². The van der Waals surface area contributed by atoms with Crippen LogP contribution in [0.5, 0.6) is 0 Å². The van der Waals surface area contributed by atoms with Crippen LogP contribution < -0.4 is 5.32 Å². The van der Waals surface area contributed by atoms with Gasteiger partial charge >= 0.3 is 0 Å². The molecule has 0 amide bonds. The summed E-state index contributed by atoms with van der Waals surface area (Å²) in [5.74, 6) is 0.0644. The van der Waals surface area contributed by atoms with Gasteiger partial charge in [-0.1, -0.05) is 30.4 Å². The smallest absolute Gasteiger partial charge is 0.209 e. The van der Waals surface area contributed by atoms with Crippen molar-refractivity contribution in [3.05, 3.63) is 34.0 Å². The zero-order valence-electron chi connectivity index (χ0n) is 14.4. The minimum atomic E-state index is -2.95. The molecular weight excluding hydrogens is 395 g/mol. The van der Waals surface area contributed by atoms with Gasteiger partial charge in [-0.25, -0.2) is 17.5 Å². The molecule has 2 heterocycles. The van der Waals surface area contributed by atoms with Crippen molar-refractivity contribution in [1.82, 2.24) is 14.7 Å². The fourth-order valence-electron chi connectivity index (χ4n) is 3.02. The Balaban J connectivity index is 1.75. The molecule has 1 aromatic carbocycles. The van der Waals surface area contributed by atoms with Crippen LogP contribution >= 0.6 is 23.6 Å². The van der Waals surface area contributed by atoms with Crippen molar-refractivity contribution in [3.63, 3.8) is 0 Å². The number of hydrogen-bond acceptors (Lipinski definition) is 7. The Hall–Kier alpha value is -1.36. The largest absolute Gasteiger partial charge is 0.328 e. The maximum absolute atomic E-state index is 13.8. The number of nitrogens with zero attached hydrogens (tertiary/aromatic N) is 3. The summed E-state index contributed by atoms with van der Waals surface area (Å²) in [4.78, 5) is 2.12. The van der Waals surface area contributed by atoms with Crippen LogP contribution in [0.25, 0.3) is 0 Å². The molecule has 142 valence electrons. The molecule has 0 spiro atoms. The minimum Gasteiger partial charge on any atom is -0.328 e. The fraction of sp³-hybridized carbons (Fsp3) is 0.500. The highest BCUT2D eigenvalue weighted by Crippen LogP contribution is 2.24. The number of nitrogens with one attached hydrogen (secondary N) is 1. The molecule has 0 unspecified atom stereocenters. The average molecular weight is 417 g/mol. The van der Waals surface area contributed by atoms with E-state index in [1.54, 1.807) is 22.9 Å². The van der Waals surface area contributed by atoms with Gasteiger partial charge in [-0.2, -0.15) is 0 Å². The number of benzene rings is 1. The third-order valence-electron chi connectivity index (χ3n) is 4.27. The standard InChI is InChI=1S/C16H21FN4O2S3/c1-2-8-20(12-7-9-26(22,23)10-12)11-21-16(24)25-15(19-21)18-14-6-4-3-5-13(14)17/h3-6,12H,2,7-11H2,1H3,(H,18,19)/t12-/m1/s1. The van der Waals surface area contributed by atoms with Gasteiger partial charge in [-0.3, -0.25) is 4.90 Å². The number of para-hydroxylation sites is 1. The normalized spacial score (nSPS) is 19.1. The van der Waals surface area contributed by atoms with Crippen LogP contribution in [-0.2, 0) is 16.5 Å². The quantitative estimate of drug-likeness (QED) is 0.698. The van der Waals surface area contributed by atoms with Crippen LogP contribution in [0.3, 0.4) is 0 Å². The Kier molecular flexibility index (Phi) is 6.06. The first-order valence-electron chi connectivity index (χ1n) is 8.42. The van der Waals surface area contributed by atoms with Crippen LogP contribution in [0.15, 0.2) is 24.3 Å². The van der Waals surface area contributed by atoms with E-state index in [2.05, 4.69) is 22.2 Å². The monoisotopic (exact) mass is 416 g/mol. The molecule has 0 saturated carbocycles. The molecule has 3 rings (SSSR count). The molecule has 0 aliphatic carbocycles. The van der Waals surface area contributed by atoms with E-state index in [-0.39, 0.29) is 23.4 Å². The summed E-state index contributed by atoms with van der Waals surface area (Å²) in [6, 6.07) is 6.37. The molecule has 1 atom stereocenters. The summed E-state index contributed by atoms with van der Waals surface area (Å²) in [6.45, 7) is 3.26. The number of anilines is 2. The van der Waals surface area contributed by atoms with Crippen molar-refractivity contribution in [1.29, 1.82) is 0 Å². The topological polar surface area (TPSA) is 67.2 Å². The van der Waals surface area contributed by atoms with E-state index >= 15 is 0 Å². The maximum atomic E-state index is 13.8. The predicted molar refractivity (Wildman–Crippen MR) is 105 cm³/mol. The molecule has 0 radical (unpaired) electrons. The second kappa shape index (κ2) is 8.12. The van der Waals surface area contributed by atoms with Crippen molar-refractivity contribution in [2.24, 2.45) is 0 Å². The van der Waals surface area contributed by atoms with Gasteiger partial charge in [0.15, 0.2) is 13.8 Å². The van der Waals surface area contributed by atoms with E-state index in [9.17, 15) is 12.8 Å². The summed E-state index contributed by atoms with van der Waals surface area (Å²) in [5, 5.41) is 7.90. The summed E-state index contributed by atoms with van der Waals surface area (Å²) < 4.78 is 39.6. The van der Waals surface area contributed by atoms with E-state index in [0.717, 1.165) is 13.0 Å². The molecular formula is C16H21FN4O2S3. The number of halogens is 1. The number of aromatic nitrogens is 2. The van der Waals surface area contributed by atoms with Gasteiger partial charge in [0.2, 0.25) is 5.13 Å². The van der Waals surface area contributed by atoms with E-state index in [0.29, 0.717) is 27.9 Å². The van der Waals surface area contributed by atoms with Crippen LogP contribution in [0.1, 0.15) is 19.8 Å². The predicted octanol–water partition coefficient (Wildman–Crippen LogP) is 3.41. The Morgan fingerprint density at radius 1 is 1.46 bits per heavy atom. The van der Waals surface area contributed by atoms with Gasteiger partial charge in [-0.05, 0) is 43.7 Å². The van der Waals surface area contributed by atoms with E-state index < -0.39 is 9.84 Å². The molecule has 1 aliphatic heterocycles. The lowest BCUT2D eigenvalue weighted by Gasteiger charge is -2.27. The van der Waals surface area contributed by atoms with E-state index in [1.807, 2.05) is 0 Å². The fourth-order valence-corrected chi connectivity index (χ4v) is 5.78. The third-order valence-corrected chi connectivity index (χ3v) is 7.25. The Bertz CT molecular complexity index is 926. The molecule has 2 aromatic rings. The number of sulfone groups is 1. The second-order valence-electron chi connectivity index (χ2n) is 6.29. The second-order valence-corrected chi connectivity index (χ2v) is 10.1. The van der Waals surface area contributed by atoms with Crippen molar-refractivity contribution in [2.75, 3.05) is 23.4 Å². The molecule has 1 aromatic heterocycles. The molecule has 1 N–H and O–H groups in total. The van der Waals surface area contributed by atoms with Crippen molar-refractivity contribution in [2.45, 2.75) is 32.5 Å². The highest BCUT2D eigenvalue weighted by atomic mass is 32.2. The number of hydrogen-bond donors (Lipinski definition) is 1. The summed E-state index contributed by atoms with van der Waals surface area (Å²) in [6.07, 6.45) is 1.55. The first-order chi connectivity index (χ1) is 12.4. The third kappa shape index (κ3) is 4.67. The molecule has 1 fully saturated rings.